The summed E-state index contributed by atoms with van der Waals surface area (Å²) in [6, 6.07) is 11.2. The van der Waals surface area contributed by atoms with Crippen LogP contribution in [0.3, 0.4) is 0 Å². The van der Waals surface area contributed by atoms with E-state index in [-0.39, 0.29) is 5.91 Å². The lowest BCUT2D eigenvalue weighted by Gasteiger charge is -2.12. The van der Waals surface area contributed by atoms with Gasteiger partial charge in [0.25, 0.3) is 5.91 Å². The molecular weight excluding hydrogens is 402 g/mol. The van der Waals surface area contributed by atoms with Crippen LogP contribution < -0.4 is 10.1 Å². The van der Waals surface area contributed by atoms with E-state index in [4.69, 9.17) is 20.9 Å². The van der Waals surface area contributed by atoms with Gasteiger partial charge in [-0.2, -0.15) is 0 Å². The van der Waals surface area contributed by atoms with Gasteiger partial charge in [-0.25, -0.2) is 4.98 Å². The number of nitrogens with zero attached hydrogens (tertiary/aromatic N) is 2. The van der Waals surface area contributed by atoms with Gasteiger partial charge in [0.15, 0.2) is 0 Å². The Labute approximate surface area is 179 Å². The quantitative estimate of drug-likeness (QED) is 0.552. The van der Waals surface area contributed by atoms with Crippen LogP contribution in [0.2, 0.25) is 5.02 Å². The average molecular weight is 424 g/mol. The highest BCUT2D eigenvalue weighted by Crippen LogP contribution is 2.40. The van der Waals surface area contributed by atoms with Crippen LogP contribution in [0.1, 0.15) is 53.4 Å². The van der Waals surface area contributed by atoms with Crippen LogP contribution in [0.15, 0.2) is 47.1 Å². The van der Waals surface area contributed by atoms with Gasteiger partial charge in [0.05, 0.1) is 18.7 Å². The summed E-state index contributed by atoms with van der Waals surface area (Å²) in [6.07, 6.45) is 6.24. The maximum absolute atomic E-state index is 12.7. The number of amides is 1. The van der Waals surface area contributed by atoms with E-state index in [1.54, 1.807) is 6.20 Å². The van der Waals surface area contributed by atoms with Gasteiger partial charge in [-0.1, -0.05) is 28.9 Å². The fourth-order valence-electron chi connectivity index (χ4n) is 3.25. The van der Waals surface area contributed by atoms with Crippen molar-refractivity contribution in [3.8, 4) is 17.0 Å². The molecule has 0 bridgehead atoms. The third-order valence-electron chi connectivity index (χ3n) is 5.41. The summed E-state index contributed by atoms with van der Waals surface area (Å²) >= 11 is 6.03. The second-order valence-electron chi connectivity index (χ2n) is 8.02. The van der Waals surface area contributed by atoms with Crippen LogP contribution in [0, 0.1) is 5.92 Å². The number of ether oxygens (including phenoxy) is 1. The monoisotopic (exact) mass is 423 g/mol. The van der Waals surface area contributed by atoms with Gasteiger partial charge in [0.2, 0.25) is 5.88 Å². The van der Waals surface area contributed by atoms with Crippen molar-refractivity contribution in [3.05, 3.63) is 64.6 Å². The SMILES string of the molecule is O=C(NCc1cc(C2CC2)on1)c1cnc(OCC2CC2)c(-c2ccc(Cl)cc2)c1. The molecule has 2 saturated carbocycles. The zero-order valence-corrected chi connectivity index (χ0v) is 17.2. The van der Waals surface area contributed by atoms with Crippen LogP contribution in [-0.4, -0.2) is 22.7 Å². The third-order valence-corrected chi connectivity index (χ3v) is 5.66. The Hall–Kier alpha value is -2.86. The molecule has 0 spiro atoms. The summed E-state index contributed by atoms with van der Waals surface area (Å²) in [5.41, 5.74) is 2.86. The lowest BCUT2D eigenvalue weighted by molar-refractivity contribution is 0.0949. The fourth-order valence-corrected chi connectivity index (χ4v) is 3.38. The Kier molecular flexibility index (Phi) is 5.17. The second kappa shape index (κ2) is 8.11. The smallest absolute Gasteiger partial charge is 0.253 e. The van der Waals surface area contributed by atoms with E-state index in [0.29, 0.717) is 41.5 Å². The lowest BCUT2D eigenvalue weighted by atomic mass is 10.0. The number of carbonyl (C=O) groups excluding carboxylic acids is 1. The number of benzene rings is 1. The molecule has 7 heteroatoms. The number of rotatable bonds is 8. The molecule has 0 saturated heterocycles. The van der Waals surface area contributed by atoms with Crippen LogP contribution in [0.4, 0.5) is 0 Å². The Morgan fingerprint density at radius 3 is 2.70 bits per heavy atom. The van der Waals surface area contributed by atoms with Gasteiger partial charge < -0.3 is 14.6 Å². The standard InChI is InChI=1S/C23H22ClN3O3/c24-18-7-5-15(6-8-18)20-9-17(11-26-23(20)29-13-14-1-2-14)22(28)25-12-19-10-21(30-27-19)16-3-4-16/h5-11,14,16H,1-4,12-13H2,(H,25,28). The van der Waals surface area contributed by atoms with Crippen molar-refractivity contribution in [3.63, 3.8) is 0 Å². The molecule has 0 unspecified atom stereocenters. The van der Waals surface area contributed by atoms with E-state index in [1.165, 1.54) is 12.8 Å². The molecule has 6 nitrogen and oxygen atoms in total. The van der Waals surface area contributed by atoms with Crippen molar-refractivity contribution in [2.24, 2.45) is 5.92 Å². The Balaban J connectivity index is 1.33. The zero-order chi connectivity index (χ0) is 20.5. The van der Waals surface area contributed by atoms with Crippen LogP contribution in [0.5, 0.6) is 5.88 Å². The molecule has 1 N–H and O–H groups in total. The van der Waals surface area contributed by atoms with Crippen LogP contribution in [-0.2, 0) is 6.54 Å². The molecule has 2 aliphatic rings. The first-order valence-electron chi connectivity index (χ1n) is 10.3. The van der Waals surface area contributed by atoms with Gasteiger partial charge >= 0.3 is 0 Å². The number of hydrogen-bond donors (Lipinski definition) is 1. The maximum atomic E-state index is 12.7. The predicted molar refractivity (Wildman–Crippen MR) is 113 cm³/mol. The molecule has 2 heterocycles. The molecule has 154 valence electrons. The van der Waals surface area contributed by atoms with Gasteiger partial charge in [0.1, 0.15) is 11.5 Å². The summed E-state index contributed by atoms with van der Waals surface area (Å²) in [4.78, 5) is 17.2. The van der Waals surface area contributed by atoms with E-state index >= 15 is 0 Å². The molecule has 2 fully saturated rings. The summed E-state index contributed by atoms with van der Waals surface area (Å²) in [5, 5.41) is 7.58. The average Bonchev–Trinajstić information content (AvgIpc) is 3.70. The zero-order valence-electron chi connectivity index (χ0n) is 16.4. The number of carbonyl (C=O) groups is 1. The number of pyridine rings is 1. The molecule has 2 aliphatic carbocycles. The van der Waals surface area contributed by atoms with Crippen molar-refractivity contribution in [2.75, 3.05) is 6.61 Å². The molecule has 0 atom stereocenters. The molecule has 0 aliphatic heterocycles. The third kappa shape index (κ3) is 4.49. The van der Waals surface area contributed by atoms with Crippen molar-refractivity contribution >= 4 is 17.5 Å². The first kappa shape index (κ1) is 19.1. The maximum Gasteiger partial charge on any atom is 0.253 e. The molecule has 0 radical (unpaired) electrons. The summed E-state index contributed by atoms with van der Waals surface area (Å²) in [7, 11) is 0. The molecule has 2 aromatic heterocycles. The molecule has 30 heavy (non-hydrogen) atoms. The van der Waals surface area contributed by atoms with Crippen LogP contribution in [0.25, 0.3) is 11.1 Å². The van der Waals surface area contributed by atoms with Crippen molar-refractivity contribution in [1.82, 2.24) is 15.5 Å². The molecule has 3 aromatic rings. The summed E-state index contributed by atoms with van der Waals surface area (Å²) < 4.78 is 11.3. The van der Waals surface area contributed by atoms with E-state index in [0.717, 1.165) is 35.4 Å². The highest BCUT2D eigenvalue weighted by atomic mass is 35.5. The minimum Gasteiger partial charge on any atom is -0.477 e. The number of nitrogens with one attached hydrogen (secondary N) is 1. The van der Waals surface area contributed by atoms with Crippen molar-refractivity contribution in [2.45, 2.75) is 38.1 Å². The summed E-state index contributed by atoms with van der Waals surface area (Å²) in [5.74, 6) is 2.32. The summed E-state index contributed by atoms with van der Waals surface area (Å²) in [6.45, 7) is 0.958. The first-order valence-corrected chi connectivity index (χ1v) is 10.7. The molecule has 1 aromatic carbocycles. The highest BCUT2D eigenvalue weighted by molar-refractivity contribution is 6.30. The Morgan fingerprint density at radius 2 is 1.97 bits per heavy atom. The Morgan fingerprint density at radius 1 is 1.17 bits per heavy atom. The normalized spacial score (nSPS) is 15.8. The molecule has 5 rings (SSSR count). The number of aromatic nitrogens is 2. The van der Waals surface area contributed by atoms with Gasteiger partial charge in [-0.05, 0) is 55.4 Å². The number of halogens is 1. The van der Waals surface area contributed by atoms with Crippen molar-refractivity contribution in [1.29, 1.82) is 0 Å². The molecular formula is C23H22ClN3O3. The van der Waals surface area contributed by atoms with Crippen molar-refractivity contribution < 1.29 is 14.1 Å². The minimum absolute atomic E-state index is 0.220. The number of hydrogen-bond acceptors (Lipinski definition) is 5. The van der Waals surface area contributed by atoms with E-state index < -0.39 is 0 Å². The first-order chi connectivity index (χ1) is 14.7. The fraction of sp³-hybridized carbons (Fsp3) is 0.348. The molecule has 1 amide bonds. The predicted octanol–water partition coefficient (Wildman–Crippen LogP) is 4.99. The van der Waals surface area contributed by atoms with E-state index in [2.05, 4.69) is 15.5 Å². The van der Waals surface area contributed by atoms with E-state index in [1.807, 2.05) is 36.4 Å². The highest BCUT2D eigenvalue weighted by Gasteiger charge is 2.28. The largest absolute Gasteiger partial charge is 0.477 e. The van der Waals surface area contributed by atoms with Gasteiger partial charge in [0, 0.05) is 28.8 Å². The second-order valence-corrected chi connectivity index (χ2v) is 8.45. The van der Waals surface area contributed by atoms with Crippen LogP contribution >= 0.6 is 11.6 Å². The van der Waals surface area contributed by atoms with Gasteiger partial charge in [-0.3, -0.25) is 4.79 Å². The Bertz CT molecular complexity index is 1060. The van der Waals surface area contributed by atoms with Gasteiger partial charge in [-0.15, -0.1) is 0 Å². The topological polar surface area (TPSA) is 77.3 Å². The van der Waals surface area contributed by atoms with E-state index in [9.17, 15) is 4.79 Å². The lowest BCUT2D eigenvalue weighted by Crippen LogP contribution is -2.23. The minimum atomic E-state index is -0.220.